The Hall–Kier alpha value is -2.93. The smallest absolute Gasteiger partial charge is 0.237 e. The minimum atomic E-state index is 0.512. The van der Waals surface area contributed by atoms with E-state index in [9.17, 15) is 0 Å². The highest BCUT2D eigenvalue weighted by molar-refractivity contribution is 7.98. The molecule has 0 bridgehead atoms. The summed E-state index contributed by atoms with van der Waals surface area (Å²) in [5.41, 5.74) is 3.22. The van der Waals surface area contributed by atoms with E-state index in [1.165, 1.54) is 18.4 Å². The van der Waals surface area contributed by atoms with Gasteiger partial charge in [0, 0.05) is 17.2 Å². The minimum Gasteiger partial charge on any atom is -0.338 e. The number of aryl methyl sites for hydroxylation is 1. The summed E-state index contributed by atoms with van der Waals surface area (Å²) >= 11 is 1.57. The number of thioether (sulfide) groups is 1. The molecule has 0 spiro atoms. The van der Waals surface area contributed by atoms with Crippen molar-refractivity contribution < 1.29 is 4.52 Å². The Labute approximate surface area is 167 Å². The lowest BCUT2D eigenvalue weighted by atomic mass is 10.1. The van der Waals surface area contributed by atoms with E-state index >= 15 is 0 Å². The Morgan fingerprint density at radius 1 is 1.07 bits per heavy atom. The molecule has 6 nitrogen and oxygen atoms in total. The summed E-state index contributed by atoms with van der Waals surface area (Å²) in [6.45, 7) is 2.05. The molecule has 7 heteroatoms. The van der Waals surface area contributed by atoms with Crippen LogP contribution in [0.15, 0.2) is 64.3 Å². The largest absolute Gasteiger partial charge is 0.338 e. The maximum Gasteiger partial charge on any atom is 0.237 e. The summed E-state index contributed by atoms with van der Waals surface area (Å²) in [4.78, 5) is 4.54. The van der Waals surface area contributed by atoms with E-state index in [1.807, 2.05) is 43.3 Å². The van der Waals surface area contributed by atoms with Gasteiger partial charge in [0.2, 0.25) is 11.7 Å². The third kappa shape index (κ3) is 3.45. The number of para-hydroxylation sites is 1. The van der Waals surface area contributed by atoms with Crippen molar-refractivity contribution in [1.29, 1.82) is 0 Å². The molecule has 140 valence electrons. The second kappa shape index (κ2) is 7.24. The van der Waals surface area contributed by atoms with Gasteiger partial charge in [-0.05, 0) is 38.0 Å². The summed E-state index contributed by atoms with van der Waals surface area (Å²) < 4.78 is 7.61. The highest BCUT2D eigenvalue weighted by Gasteiger charge is 2.31. The lowest BCUT2D eigenvalue weighted by Crippen LogP contribution is -2.01. The van der Waals surface area contributed by atoms with E-state index in [0.717, 1.165) is 22.2 Å². The Morgan fingerprint density at radius 3 is 2.71 bits per heavy atom. The van der Waals surface area contributed by atoms with Crippen LogP contribution in [0, 0.1) is 6.92 Å². The summed E-state index contributed by atoms with van der Waals surface area (Å²) in [6.07, 6.45) is 2.36. The van der Waals surface area contributed by atoms with Gasteiger partial charge in [-0.3, -0.25) is 4.57 Å². The highest BCUT2D eigenvalue weighted by Crippen LogP contribution is 2.41. The van der Waals surface area contributed by atoms with Crippen molar-refractivity contribution in [2.45, 2.75) is 36.6 Å². The van der Waals surface area contributed by atoms with E-state index in [0.29, 0.717) is 23.4 Å². The van der Waals surface area contributed by atoms with E-state index < -0.39 is 0 Å². The second-order valence-corrected chi connectivity index (χ2v) is 7.90. The first-order valence-corrected chi connectivity index (χ1v) is 10.3. The van der Waals surface area contributed by atoms with Crippen LogP contribution in [0.25, 0.3) is 17.1 Å². The van der Waals surface area contributed by atoms with E-state index in [2.05, 4.69) is 43.1 Å². The molecule has 4 aromatic rings. The molecule has 0 unspecified atom stereocenters. The van der Waals surface area contributed by atoms with Gasteiger partial charge in [0.25, 0.3) is 0 Å². The summed E-state index contributed by atoms with van der Waals surface area (Å²) in [6, 6.07) is 18.3. The normalized spacial score (nSPS) is 13.8. The molecule has 2 heterocycles. The molecule has 5 rings (SSSR count). The molecule has 2 aromatic heterocycles. The molecule has 0 saturated heterocycles. The third-order valence-corrected chi connectivity index (χ3v) is 5.60. The standard InChI is InChI=1S/C21H19N5OS/c1-14-6-5-7-16(12-14)19-22-18(27-25-19)13-28-21-24-23-20(15-10-11-15)26(21)17-8-3-2-4-9-17/h2-9,12,15H,10-11,13H2,1H3. The Bertz CT molecular complexity index is 1100. The predicted octanol–water partition coefficient (Wildman–Crippen LogP) is 4.80. The van der Waals surface area contributed by atoms with E-state index in [1.54, 1.807) is 11.8 Å². The highest BCUT2D eigenvalue weighted by atomic mass is 32.2. The Kier molecular flexibility index (Phi) is 4.44. The van der Waals surface area contributed by atoms with Crippen molar-refractivity contribution in [3.63, 3.8) is 0 Å². The van der Waals surface area contributed by atoms with Gasteiger partial charge in [0.1, 0.15) is 5.82 Å². The van der Waals surface area contributed by atoms with Crippen LogP contribution in [0.4, 0.5) is 0 Å². The summed E-state index contributed by atoms with van der Waals surface area (Å²) in [5.74, 6) is 3.30. The second-order valence-electron chi connectivity index (χ2n) is 6.96. The van der Waals surface area contributed by atoms with Crippen molar-refractivity contribution in [3.05, 3.63) is 71.9 Å². The van der Waals surface area contributed by atoms with Crippen LogP contribution in [0.2, 0.25) is 0 Å². The lowest BCUT2D eigenvalue weighted by Gasteiger charge is -2.08. The first kappa shape index (κ1) is 17.2. The Morgan fingerprint density at radius 2 is 1.93 bits per heavy atom. The summed E-state index contributed by atoms with van der Waals surface area (Å²) in [5, 5.41) is 13.9. The minimum absolute atomic E-state index is 0.512. The molecule has 0 aliphatic heterocycles. The fourth-order valence-corrected chi connectivity index (χ4v) is 3.94. The molecule has 0 atom stereocenters. The molecule has 1 saturated carbocycles. The van der Waals surface area contributed by atoms with E-state index in [-0.39, 0.29) is 0 Å². The average molecular weight is 389 g/mol. The van der Waals surface area contributed by atoms with Crippen molar-refractivity contribution in [3.8, 4) is 17.1 Å². The fourth-order valence-electron chi connectivity index (χ4n) is 3.14. The van der Waals surface area contributed by atoms with Crippen molar-refractivity contribution in [2.75, 3.05) is 0 Å². The number of hydrogen-bond donors (Lipinski definition) is 0. The van der Waals surface area contributed by atoms with Gasteiger partial charge in [-0.2, -0.15) is 4.98 Å². The van der Waals surface area contributed by atoms with Gasteiger partial charge < -0.3 is 4.52 Å². The van der Waals surface area contributed by atoms with Crippen LogP contribution in [-0.4, -0.2) is 24.9 Å². The number of nitrogens with zero attached hydrogens (tertiary/aromatic N) is 5. The molecular weight excluding hydrogens is 370 g/mol. The van der Waals surface area contributed by atoms with Gasteiger partial charge in [-0.15, -0.1) is 10.2 Å². The zero-order valence-corrected chi connectivity index (χ0v) is 16.3. The zero-order chi connectivity index (χ0) is 18.9. The van der Waals surface area contributed by atoms with Crippen LogP contribution < -0.4 is 0 Å². The maximum absolute atomic E-state index is 5.45. The van der Waals surface area contributed by atoms with Gasteiger partial charge in [0.05, 0.1) is 5.75 Å². The van der Waals surface area contributed by atoms with Gasteiger partial charge in [-0.1, -0.05) is 58.9 Å². The first-order valence-electron chi connectivity index (χ1n) is 9.31. The molecule has 2 aromatic carbocycles. The first-order chi connectivity index (χ1) is 13.8. The zero-order valence-electron chi connectivity index (χ0n) is 15.4. The molecule has 1 fully saturated rings. The molecule has 0 radical (unpaired) electrons. The molecule has 0 amide bonds. The predicted molar refractivity (Wildman–Crippen MR) is 107 cm³/mol. The number of benzene rings is 2. The average Bonchev–Trinajstić information content (AvgIpc) is 3.30. The van der Waals surface area contributed by atoms with Crippen molar-refractivity contribution >= 4 is 11.8 Å². The van der Waals surface area contributed by atoms with Crippen LogP contribution >= 0.6 is 11.8 Å². The SMILES string of the molecule is Cc1cccc(-c2noc(CSc3nnc(C4CC4)n3-c3ccccc3)n2)c1. The van der Waals surface area contributed by atoms with E-state index in [4.69, 9.17) is 4.52 Å². The van der Waals surface area contributed by atoms with Crippen LogP contribution in [0.3, 0.4) is 0 Å². The van der Waals surface area contributed by atoms with Crippen LogP contribution in [-0.2, 0) is 5.75 Å². The number of hydrogen-bond acceptors (Lipinski definition) is 6. The molecule has 1 aliphatic rings. The van der Waals surface area contributed by atoms with Gasteiger partial charge in [-0.25, -0.2) is 0 Å². The fraction of sp³-hybridized carbons (Fsp3) is 0.238. The maximum atomic E-state index is 5.45. The molecule has 0 N–H and O–H groups in total. The summed E-state index contributed by atoms with van der Waals surface area (Å²) in [7, 11) is 0. The van der Waals surface area contributed by atoms with Crippen LogP contribution in [0.1, 0.15) is 36.0 Å². The molecular formula is C21H19N5OS. The number of aromatic nitrogens is 5. The monoisotopic (exact) mass is 389 g/mol. The molecule has 1 aliphatic carbocycles. The Balaban J connectivity index is 1.38. The van der Waals surface area contributed by atoms with Crippen molar-refractivity contribution in [2.24, 2.45) is 0 Å². The van der Waals surface area contributed by atoms with Crippen molar-refractivity contribution in [1.82, 2.24) is 24.9 Å². The lowest BCUT2D eigenvalue weighted by molar-refractivity contribution is 0.391. The topological polar surface area (TPSA) is 69.6 Å². The quantitative estimate of drug-likeness (QED) is 0.441. The third-order valence-electron chi connectivity index (χ3n) is 4.68. The van der Waals surface area contributed by atoms with Gasteiger partial charge in [0.15, 0.2) is 5.16 Å². The number of rotatable bonds is 6. The van der Waals surface area contributed by atoms with Crippen LogP contribution in [0.5, 0.6) is 0 Å². The van der Waals surface area contributed by atoms with Gasteiger partial charge >= 0.3 is 0 Å². The molecule has 28 heavy (non-hydrogen) atoms.